The zero-order chi connectivity index (χ0) is 9.64. The molecule has 1 nitrogen and oxygen atoms in total. The second-order valence-corrected chi connectivity index (χ2v) is 4.02. The molecule has 2 rings (SSSR count). The highest BCUT2D eigenvalue weighted by Gasteiger charge is 2.43. The largest absolute Gasteiger partial charge is 0.385 e. The maximum Gasteiger partial charge on any atom is 0.142 e. The molecule has 0 bridgehead atoms. The van der Waals surface area contributed by atoms with Crippen molar-refractivity contribution in [2.24, 2.45) is 0 Å². The number of aryl methyl sites for hydroxylation is 1. The number of benzene rings is 1. The second kappa shape index (κ2) is 2.69. The Morgan fingerprint density at radius 3 is 2.62 bits per heavy atom. The van der Waals surface area contributed by atoms with Crippen molar-refractivity contribution >= 4 is 11.6 Å². The van der Waals surface area contributed by atoms with Gasteiger partial charge in [-0.05, 0) is 43.0 Å². The molecule has 1 aromatic carbocycles. The van der Waals surface area contributed by atoms with E-state index in [0.29, 0.717) is 5.56 Å². The summed E-state index contributed by atoms with van der Waals surface area (Å²) in [6, 6.07) is 2.90. The first-order valence-electron chi connectivity index (χ1n) is 4.21. The van der Waals surface area contributed by atoms with Crippen LogP contribution in [-0.4, -0.2) is 5.11 Å². The first kappa shape index (κ1) is 8.97. The van der Waals surface area contributed by atoms with Gasteiger partial charge in [0.2, 0.25) is 0 Å². The van der Waals surface area contributed by atoms with E-state index in [1.807, 2.05) is 6.92 Å². The van der Waals surface area contributed by atoms with Crippen LogP contribution in [0.2, 0.25) is 5.02 Å². The Kier molecular flexibility index (Phi) is 1.86. The first-order chi connectivity index (χ1) is 6.03. The van der Waals surface area contributed by atoms with Crippen LogP contribution in [0.1, 0.15) is 24.0 Å². The Hall–Kier alpha value is -0.600. The summed E-state index contributed by atoms with van der Waals surface area (Å²) in [7, 11) is 0. The van der Waals surface area contributed by atoms with E-state index in [-0.39, 0.29) is 5.02 Å². The predicted octanol–water partition coefficient (Wildman–Crippen LogP) is 2.77. The van der Waals surface area contributed by atoms with Crippen LogP contribution in [-0.2, 0) is 5.60 Å². The molecule has 1 N–H and O–H groups in total. The van der Waals surface area contributed by atoms with Crippen molar-refractivity contribution < 1.29 is 9.50 Å². The van der Waals surface area contributed by atoms with Gasteiger partial charge in [-0.1, -0.05) is 11.6 Å². The lowest BCUT2D eigenvalue weighted by Crippen LogP contribution is -2.07. The monoisotopic (exact) mass is 200 g/mol. The van der Waals surface area contributed by atoms with Crippen LogP contribution in [0.25, 0.3) is 0 Å². The third-order valence-electron chi connectivity index (χ3n) is 2.49. The summed E-state index contributed by atoms with van der Waals surface area (Å²) in [5.74, 6) is -0.456. The van der Waals surface area contributed by atoms with E-state index in [9.17, 15) is 9.50 Å². The Morgan fingerprint density at radius 1 is 1.46 bits per heavy atom. The third-order valence-corrected chi connectivity index (χ3v) is 2.78. The number of rotatable bonds is 1. The van der Waals surface area contributed by atoms with E-state index in [1.54, 1.807) is 6.07 Å². The van der Waals surface area contributed by atoms with Crippen molar-refractivity contribution in [3.8, 4) is 0 Å². The topological polar surface area (TPSA) is 20.2 Å². The molecule has 1 aliphatic rings. The maximum absolute atomic E-state index is 13.1. The molecule has 1 fully saturated rings. The highest BCUT2D eigenvalue weighted by atomic mass is 35.5. The molecule has 1 saturated carbocycles. The summed E-state index contributed by atoms with van der Waals surface area (Å²) in [6.07, 6.45) is 1.43. The van der Waals surface area contributed by atoms with Gasteiger partial charge in [0.1, 0.15) is 5.82 Å². The number of aliphatic hydroxyl groups is 1. The lowest BCUT2D eigenvalue weighted by molar-refractivity contribution is 0.150. The molecule has 0 radical (unpaired) electrons. The summed E-state index contributed by atoms with van der Waals surface area (Å²) < 4.78 is 13.1. The Bertz CT molecular complexity index is 358. The van der Waals surface area contributed by atoms with Crippen LogP contribution in [0.5, 0.6) is 0 Å². The summed E-state index contributed by atoms with van der Waals surface area (Å²) >= 11 is 5.60. The molecule has 1 aliphatic carbocycles. The molecule has 1 aromatic rings. The van der Waals surface area contributed by atoms with Crippen molar-refractivity contribution in [2.75, 3.05) is 0 Å². The quantitative estimate of drug-likeness (QED) is 0.739. The molecule has 0 spiro atoms. The SMILES string of the molecule is Cc1cc(Cl)c(F)cc1C1(O)CC1. The molecular weight excluding hydrogens is 191 g/mol. The van der Waals surface area contributed by atoms with Crippen molar-refractivity contribution in [3.05, 3.63) is 34.1 Å². The van der Waals surface area contributed by atoms with Crippen molar-refractivity contribution in [3.63, 3.8) is 0 Å². The van der Waals surface area contributed by atoms with Gasteiger partial charge in [-0.2, -0.15) is 0 Å². The standard InChI is InChI=1S/C10H10ClFO/c1-6-4-8(11)9(12)5-7(6)10(13)2-3-10/h4-5,13H,2-3H2,1H3. The van der Waals surface area contributed by atoms with Gasteiger partial charge in [0.15, 0.2) is 0 Å². The van der Waals surface area contributed by atoms with Crippen LogP contribution >= 0.6 is 11.6 Å². The summed E-state index contributed by atoms with van der Waals surface area (Å²) in [5, 5.41) is 9.90. The molecule has 0 unspecified atom stereocenters. The smallest absolute Gasteiger partial charge is 0.142 e. The fourth-order valence-corrected chi connectivity index (χ4v) is 1.75. The fourth-order valence-electron chi connectivity index (χ4n) is 1.54. The minimum atomic E-state index is -0.782. The minimum absolute atomic E-state index is 0.116. The Labute approximate surface area is 81.1 Å². The molecule has 13 heavy (non-hydrogen) atoms. The lowest BCUT2D eigenvalue weighted by Gasteiger charge is -2.12. The van der Waals surface area contributed by atoms with E-state index >= 15 is 0 Å². The minimum Gasteiger partial charge on any atom is -0.385 e. The third kappa shape index (κ3) is 1.45. The van der Waals surface area contributed by atoms with E-state index < -0.39 is 11.4 Å². The Balaban J connectivity index is 2.52. The molecular formula is C10H10ClFO. The van der Waals surface area contributed by atoms with Crippen molar-refractivity contribution in [1.82, 2.24) is 0 Å². The fraction of sp³-hybridized carbons (Fsp3) is 0.400. The van der Waals surface area contributed by atoms with Gasteiger partial charge in [-0.3, -0.25) is 0 Å². The molecule has 0 atom stereocenters. The van der Waals surface area contributed by atoms with Crippen LogP contribution in [0.4, 0.5) is 4.39 Å². The summed E-state index contributed by atoms with van der Waals surface area (Å²) in [4.78, 5) is 0. The molecule has 3 heteroatoms. The average molecular weight is 201 g/mol. The van der Waals surface area contributed by atoms with Gasteiger partial charge < -0.3 is 5.11 Å². The molecule has 0 aliphatic heterocycles. The van der Waals surface area contributed by atoms with Gasteiger partial charge in [-0.25, -0.2) is 4.39 Å². The second-order valence-electron chi connectivity index (χ2n) is 3.61. The highest BCUT2D eigenvalue weighted by molar-refractivity contribution is 6.30. The van der Waals surface area contributed by atoms with E-state index in [2.05, 4.69) is 0 Å². The van der Waals surface area contributed by atoms with Gasteiger partial charge in [0, 0.05) is 0 Å². The number of halogens is 2. The summed E-state index contributed by atoms with van der Waals surface area (Å²) in [5.41, 5.74) is 0.746. The van der Waals surface area contributed by atoms with Crippen LogP contribution in [0.15, 0.2) is 12.1 Å². The molecule has 0 saturated heterocycles. The highest BCUT2D eigenvalue weighted by Crippen LogP contribution is 2.47. The van der Waals surface area contributed by atoms with E-state index in [0.717, 1.165) is 18.4 Å². The number of hydrogen-bond donors (Lipinski definition) is 1. The van der Waals surface area contributed by atoms with E-state index in [1.165, 1.54) is 6.07 Å². The first-order valence-corrected chi connectivity index (χ1v) is 4.59. The predicted molar refractivity (Wildman–Crippen MR) is 49.3 cm³/mol. The molecule has 0 heterocycles. The van der Waals surface area contributed by atoms with Crippen molar-refractivity contribution in [1.29, 1.82) is 0 Å². The van der Waals surface area contributed by atoms with Gasteiger partial charge in [-0.15, -0.1) is 0 Å². The van der Waals surface area contributed by atoms with Crippen LogP contribution in [0, 0.1) is 12.7 Å². The van der Waals surface area contributed by atoms with Gasteiger partial charge in [0.05, 0.1) is 10.6 Å². The lowest BCUT2D eigenvalue weighted by atomic mass is 10.0. The normalized spacial score (nSPS) is 18.8. The van der Waals surface area contributed by atoms with Gasteiger partial charge >= 0.3 is 0 Å². The molecule has 0 amide bonds. The van der Waals surface area contributed by atoms with Crippen LogP contribution < -0.4 is 0 Å². The Morgan fingerprint density at radius 2 is 2.08 bits per heavy atom. The summed E-state index contributed by atoms with van der Waals surface area (Å²) in [6.45, 7) is 1.83. The zero-order valence-corrected chi connectivity index (χ0v) is 8.03. The molecule has 70 valence electrons. The van der Waals surface area contributed by atoms with Crippen molar-refractivity contribution in [2.45, 2.75) is 25.4 Å². The van der Waals surface area contributed by atoms with E-state index in [4.69, 9.17) is 11.6 Å². The van der Waals surface area contributed by atoms with Gasteiger partial charge in [0.25, 0.3) is 0 Å². The van der Waals surface area contributed by atoms with Crippen LogP contribution in [0.3, 0.4) is 0 Å². The maximum atomic E-state index is 13.1. The average Bonchev–Trinajstić information content (AvgIpc) is 2.77. The number of hydrogen-bond acceptors (Lipinski definition) is 1. The zero-order valence-electron chi connectivity index (χ0n) is 7.27. The molecule has 0 aromatic heterocycles.